The summed E-state index contributed by atoms with van der Waals surface area (Å²) in [6, 6.07) is 10.7. The summed E-state index contributed by atoms with van der Waals surface area (Å²) < 4.78 is 20.7. The summed E-state index contributed by atoms with van der Waals surface area (Å²) >= 11 is 5.74. The minimum atomic E-state index is -0.721. The average Bonchev–Trinajstić information content (AvgIpc) is 3.13. The summed E-state index contributed by atoms with van der Waals surface area (Å²) in [7, 11) is 1.64. The largest absolute Gasteiger partial charge is 0.495 e. The molecule has 0 spiro atoms. The maximum Gasteiger partial charge on any atom is 0.338 e. The number of fused-ring (bicyclic) bond motifs is 1. The molecule has 1 aliphatic rings. The van der Waals surface area contributed by atoms with Gasteiger partial charge >= 0.3 is 5.97 Å². The van der Waals surface area contributed by atoms with Gasteiger partial charge in [-0.25, -0.2) is 9.79 Å². The zero-order chi connectivity index (χ0) is 26.0. The van der Waals surface area contributed by atoms with Crippen molar-refractivity contribution in [3.8, 4) is 11.5 Å². The Bertz CT molecular complexity index is 1520. The van der Waals surface area contributed by atoms with Gasteiger partial charge in [0.2, 0.25) is 0 Å². The maximum atomic E-state index is 13.8. The fraction of sp³-hybridized carbons (Fsp3) is 0.269. The van der Waals surface area contributed by atoms with Crippen LogP contribution in [-0.4, -0.2) is 30.9 Å². The fourth-order valence-corrected chi connectivity index (χ4v) is 7.39. The lowest BCUT2D eigenvalue weighted by Crippen LogP contribution is -2.40. The average molecular weight is 730 g/mol. The summed E-state index contributed by atoms with van der Waals surface area (Å²) in [5.74, 6) is 0.913. The number of rotatable bonds is 7. The molecule has 10 heteroatoms. The third-order valence-electron chi connectivity index (χ3n) is 5.55. The maximum absolute atomic E-state index is 13.8. The molecule has 1 aromatic heterocycles. The third-order valence-corrected chi connectivity index (χ3v) is 8.14. The van der Waals surface area contributed by atoms with Gasteiger partial charge in [-0.05, 0) is 95.8 Å². The van der Waals surface area contributed by atoms with Gasteiger partial charge in [-0.1, -0.05) is 29.5 Å². The molecule has 188 valence electrons. The number of ether oxygens (including phenoxy) is 3. The van der Waals surface area contributed by atoms with Crippen LogP contribution in [-0.2, 0) is 9.53 Å². The van der Waals surface area contributed by atoms with Gasteiger partial charge in [0, 0.05) is 5.56 Å². The predicted octanol–water partition coefficient (Wildman–Crippen LogP) is 4.41. The summed E-state index contributed by atoms with van der Waals surface area (Å²) in [6.07, 6.45) is 1.85. The molecule has 0 bridgehead atoms. The molecule has 0 saturated carbocycles. The smallest absolute Gasteiger partial charge is 0.338 e. The Hall–Kier alpha value is -2.19. The lowest BCUT2D eigenvalue weighted by Gasteiger charge is -2.26. The number of hydrogen-bond donors (Lipinski definition) is 0. The van der Waals surface area contributed by atoms with Gasteiger partial charge in [0.1, 0.15) is 17.5 Å². The number of nitrogens with zero attached hydrogens (tertiary/aromatic N) is 2. The minimum Gasteiger partial charge on any atom is -0.495 e. The highest BCUT2D eigenvalue weighted by Crippen LogP contribution is 2.36. The standard InChI is InChI=1S/C26H24I2N2O5S/c1-5-34-19-10-8-7-9-16(19)22-21(25(32)35-6-2)14(3)29-26-30(22)24(31)20(36-26)13-15-11-17(27)23(33-4)18(28)12-15/h7-13,22H,5-6H2,1-4H3/b20-13-/t22-/m1/s1. The third kappa shape index (κ3) is 5.12. The number of allylic oxidation sites excluding steroid dienone is 1. The van der Waals surface area contributed by atoms with Crippen molar-refractivity contribution in [2.45, 2.75) is 26.8 Å². The molecule has 1 atom stereocenters. The summed E-state index contributed by atoms with van der Waals surface area (Å²) in [5.41, 5.74) is 2.20. The molecule has 0 radical (unpaired) electrons. The van der Waals surface area contributed by atoms with E-state index in [1.807, 2.05) is 49.4 Å². The molecule has 2 heterocycles. The van der Waals surface area contributed by atoms with Crippen LogP contribution in [0.2, 0.25) is 0 Å². The van der Waals surface area contributed by atoms with Gasteiger partial charge in [-0.15, -0.1) is 0 Å². The van der Waals surface area contributed by atoms with E-state index in [-0.39, 0.29) is 12.2 Å². The molecule has 0 aliphatic carbocycles. The van der Waals surface area contributed by atoms with E-state index in [0.717, 1.165) is 18.5 Å². The van der Waals surface area contributed by atoms with Crippen molar-refractivity contribution in [1.82, 2.24) is 4.57 Å². The molecule has 0 fully saturated rings. The van der Waals surface area contributed by atoms with Gasteiger partial charge in [0.05, 0.1) is 43.3 Å². The van der Waals surface area contributed by atoms with Crippen LogP contribution < -0.4 is 24.4 Å². The minimum absolute atomic E-state index is 0.217. The van der Waals surface area contributed by atoms with E-state index < -0.39 is 12.0 Å². The Morgan fingerprint density at radius 1 is 1.17 bits per heavy atom. The molecule has 0 saturated heterocycles. The van der Waals surface area contributed by atoms with Gasteiger partial charge in [-0.2, -0.15) is 0 Å². The Kier molecular flexibility index (Phi) is 8.56. The number of halogens is 2. The Morgan fingerprint density at radius 2 is 1.86 bits per heavy atom. The second-order valence-corrected chi connectivity index (χ2v) is 11.1. The van der Waals surface area contributed by atoms with Gasteiger partial charge in [0.25, 0.3) is 5.56 Å². The fourth-order valence-electron chi connectivity index (χ4n) is 4.09. The Morgan fingerprint density at radius 3 is 2.50 bits per heavy atom. The first-order valence-corrected chi connectivity index (χ1v) is 14.2. The lowest BCUT2D eigenvalue weighted by atomic mass is 9.95. The zero-order valence-corrected chi connectivity index (χ0v) is 25.3. The van der Waals surface area contributed by atoms with Crippen molar-refractivity contribution in [3.63, 3.8) is 0 Å². The van der Waals surface area contributed by atoms with Crippen LogP contribution in [0.3, 0.4) is 0 Å². The number of para-hydroxylation sites is 1. The number of methoxy groups -OCH3 is 1. The van der Waals surface area contributed by atoms with Crippen molar-refractivity contribution < 1.29 is 19.0 Å². The van der Waals surface area contributed by atoms with Gasteiger partial charge in [0.15, 0.2) is 4.80 Å². The van der Waals surface area contributed by atoms with E-state index in [1.54, 1.807) is 25.5 Å². The Labute approximate surface area is 239 Å². The summed E-state index contributed by atoms with van der Waals surface area (Å²) in [5, 5.41) is 0. The molecule has 0 unspecified atom stereocenters. The van der Waals surface area contributed by atoms with Crippen LogP contribution in [0.5, 0.6) is 11.5 Å². The molecular weight excluding hydrogens is 706 g/mol. The van der Waals surface area contributed by atoms with E-state index in [1.165, 1.54) is 11.3 Å². The van der Waals surface area contributed by atoms with Crippen LogP contribution in [0.15, 0.2) is 57.5 Å². The zero-order valence-electron chi connectivity index (χ0n) is 20.1. The second kappa shape index (κ2) is 11.5. The normalized spacial score (nSPS) is 15.4. The topological polar surface area (TPSA) is 79.1 Å². The number of hydrogen-bond acceptors (Lipinski definition) is 7. The molecule has 1 aliphatic heterocycles. The van der Waals surface area contributed by atoms with Crippen molar-refractivity contribution in [3.05, 3.63) is 85.6 Å². The van der Waals surface area contributed by atoms with Crippen molar-refractivity contribution in [1.29, 1.82) is 0 Å². The molecule has 0 N–H and O–H groups in total. The van der Waals surface area contributed by atoms with Gasteiger partial charge in [-0.3, -0.25) is 9.36 Å². The van der Waals surface area contributed by atoms with E-state index in [4.69, 9.17) is 14.2 Å². The van der Waals surface area contributed by atoms with Crippen LogP contribution in [0.1, 0.15) is 37.9 Å². The number of thiazole rings is 1. The molecule has 7 nitrogen and oxygen atoms in total. The van der Waals surface area contributed by atoms with Crippen molar-refractivity contribution >= 4 is 68.6 Å². The quantitative estimate of drug-likeness (QED) is 0.266. The SMILES string of the molecule is CCOC(=O)C1=C(C)N=c2s/c(=C\c3cc(I)c(OC)c(I)c3)c(=O)n2[C@@H]1c1ccccc1OCC. The summed E-state index contributed by atoms with van der Waals surface area (Å²) in [4.78, 5) is 32.1. The van der Waals surface area contributed by atoms with Gasteiger partial charge < -0.3 is 14.2 Å². The highest BCUT2D eigenvalue weighted by atomic mass is 127. The highest BCUT2D eigenvalue weighted by Gasteiger charge is 2.35. The van der Waals surface area contributed by atoms with Crippen molar-refractivity contribution in [2.24, 2.45) is 4.99 Å². The number of benzene rings is 2. The Balaban J connectivity index is 1.97. The number of carbonyl (C=O) groups is 1. The molecule has 3 aromatic rings. The number of carbonyl (C=O) groups excluding carboxylic acids is 1. The molecule has 0 amide bonds. The monoisotopic (exact) mass is 730 g/mol. The highest BCUT2D eigenvalue weighted by molar-refractivity contribution is 14.1. The first-order valence-electron chi connectivity index (χ1n) is 11.2. The lowest BCUT2D eigenvalue weighted by molar-refractivity contribution is -0.139. The van der Waals surface area contributed by atoms with Crippen LogP contribution in [0.4, 0.5) is 0 Å². The first kappa shape index (κ1) is 26.9. The summed E-state index contributed by atoms with van der Waals surface area (Å²) in [6.45, 7) is 6.09. The van der Waals surface area contributed by atoms with E-state index in [0.29, 0.717) is 38.5 Å². The number of esters is 1. The first-order chi connectivity index (χ1) is 17.3. The molecule has 2 aromatic carbocycles. The predicted molar refractivity (Wildman–Crippen MR) is 156 cm³/mol. The van der Waals surface area contributed by atoms with Crippen molar-refractivity contribution in [2.75, 3.05) is 20.3 Å². The second-order valence-electron chi connectivity index (χ2n) is 7.79. The number of aromatic nitrogens is 1. The molecule has 36 heavy (non-hydrogen) atoms. The van der Waals surface area contributed by atoms with E-state index >= 15 is 0 Å². The van der Waals surface area contributed by atoms with Crippen LogP contribution >= 0.6 is 56.5 Å². The van der Waals surface area contributed by atoms with E-state index in [2.05, 4.69) is 50.2 Å². The molecule has 4 rings (SSSR count). The van der Waals surface area contributed by atoms with E-state index in [9.17, 15) is 9.59 Å². The van der Waals surface area contributed by atoms with Crippen LogP contribution in [0.25, 0.3) is 6.08 Å². The van der Waals surface area contributed by atoms with Crippen LogP contribution in [0, 0.1) is 7.14 Å². The molecular formula is C26H24I2N2O5S.